The van der Waals surface area contributed by atoms with Crippen molar-refractivity contribution in [3.63, 3.8) is 0 Å². The van der Waals surface area contributed by atoms with Crippen LogP contribution >= 0.6 is 0 Å². The standard InChI is InChI=1S/C10H24N2O2/c1-13-10(14-2)9-12-8-6-4-3-5-7-11/h10,12H,3-9,11H2,1-2H3. The molecule has 0 spiro atoms. The molecule has 4 heteroatoms. The number of methoxy groups -OCH3 is 2. The highest BCUT2D eigenvalue weighted by atomic mass is 16.7. The van der Waals surface area contributed by atoms with Crippen molar-refractivity contribution in [3.8, 4) is 0 Å². The molecule has 0 saturated heterocycles. The molecule has 0 saturated carbocycles. The van der Waals surface area contributed by atoms with Gasteiger partial charge in [-0.1, -0.05) is 12.8 Å². The molecule has 0 aromatic rings. The van der Waals surface area contributed by atoms with E-state index in [4.69, 9.17) is 15.2 Å². The van der Waals surface area contributed by atoms with Gasteiger partial charge in [-0.05, 0) is 25.9 Å². The van der Waals surface area contributed by atoms with Crippen LogP contribution in [-0.4, -0.2) is 40.1 Å². The van der Waals surface area contributed by atoms with Crippen LogP contribution in [0.25, 0.3) is 0 Å². The molecule has 0 aliphatic heterocycles. The first-order chi connectivity index (χ1) is 6.85. The van der Waals surface area contributed by atoms with E-state index in [-0.39, 0.29) is 6.29 Å². The smallest absolute Gasteiger partial charge is 0.169 e. The van der Waals surface area contributed by atoms with Crippen molar-refractivity contribution < 1.29 is 9.47 Å². The Hall–Kier alpha value is -0.160. The van der Waals surface area contributed by atoms with E-state index in [9.17, 15) is 0 Å². The molecule has 3 N–H and O–H groups in total. The molecular weight excluding hydrogens is 180 g/mol. The molecule has 0 aliphatic carbocycles. The van der Waals surface area contributed by atoms with Crippen LogP contribution in [0, 0.1) is 0 Å². The highest BCUT2D eigenvalue weighted by Crippen LogP contribution is 1.97. The molecule has 4 nitrogen and oxygen atoms in total. The molecular formula is C10H24N2O2. The van der Waals surface area contributed by atoms with Gasteiger partial charge in [0.2, 0.25) is 0 Å². The second-order valence-electron chi connectivity index (χ2n) is 3.31. The van der Waals surface area contributed by atoms with E-state index in [0.717, 1.165) is 26.1 Å². The van der Waals surface area contributed by atoms with Crippen LogP contribution < -0.4 is 11.1 Å². The third-order valence-corrected chi connectivity index (χ3v) is 2.14. The number of nitrogens with two attached hydrogens (primary N) is 1. The average molecular weight is 204 g/mol. The quantitative estimate of drug-likeness (QED) is 0.406. The maximum atomic E-state index is 5.40. The van der Waals surface area contributed by atoms with Crippen LogP contribution in [0.1, 0.15) is 25.7 Å². The van der Waals surface area contributed by atoms with Crippen LogP contribution in [0.15, 0.2) is 0 Å². The van der Waals surface area contributed by atoms with Crippen molar-refractivity contribution in [2.24, 2.45) is 5.73 Å². The van der Waals surface area contributed by atoms with Crippen molar-refractivity contribution in [3.05, 3.63) is 0 Å². The first-order valence-corrected chi connectivity index (χ1v) is 5.31. The summed E-state index contributed by atoms with van der Waals surface area (Å²) < 4.78 is 10.1. The Morgan fingerprint density at radius 3 is 2.29 bits per heavy atom. The van der Waals surface area contributed by atoms with Crippen LogP contribution in [0.4, 0.5) is 0 Å². The molecule has 0 rings (SSSR count). The summed E-state index contributed by atoms with van der Waals surface area (Å²) in [5, 5.41) is 3.28. The van der Waals surface area contributed by atoms with Gasteiger partial charge in [0.25, 0.3) is 0 Å². The zero-order chi connectivity index (χ0) is 10.6. The van der Waals surface area contributed by atoms with E-state index >= 15 is 0 Å². The monoisotopic (exact) mass is 204 g/mol. The Balaban J connectivity index is 3.04. The molecule has 0 radical (unpaired) electrons. The van der Waals surface area contributed by atoms with Gasteiger partial charge in [0.15, 0.2) is 6.29 Å². The van der Waals surface area contributed by atoms with Gasteiger partial charge >= 0.3 is 0 Å². The lowest BCUT2D eigenvalue weighted by atomic mass is 10.2. The fraction of sp³-hybridized carbons (Fsp3) is 1.00. The second kappa shape index (κ2) is 10.9. The number of ether oxygens (including phenoxy) is 2. The van der Waals surface area contributed by atoms with Gasteiger partial charge in [-0.25, -0.2) is 0 Å². The van der Waals surface area contributed by atoms with Crippen molar-refractivity contribution in [2.75, 3.05) is 33.9 Å². The van der Waals surface area contributed by atoms with Crippen molar-refractivity contribution in [2.45, 2.75) is 32.0 Å². The normalized spacial score (nSPS) is 11.1. The zero-order valence-corrected chi connectivity index (χ0v) is 9.42. The first-order valence-electron chi connectivity index (χ1n) is 5.31. The summed E-state index contributed by atoms with van der Waals surface area (Å²) in [4.78, 5) is 0. The summed E-state index contributed by atoms with van der Waals surface area (Å²) in [6.45, 7) is 2.58. The molecule has 0 aliphatic rings. The van der Waals surface area contributed by atoms with Gasteiger partial charge in [-0.2, -0.15) is 0 Å². The Kier molecular flexibility index (Phi) is 10.8. The first kappa shape index (κ1) is 13.8. The maximum absolute atomic E-state index is 5.40. The number of hydrogen-bond donors (Lipinski definition) is 2. The van der Waals surface area contributed by atoms with E-state index < -0.39 is 0 Å². The summed E-state index contributed by atoms with van der Waals surface area (Å²) >= 11 is 0. The lowest BCUT2D eigenvalue weighted by molar-refractivity contribution is -0.0986. The van der Waals surface area contributed by atoms with E-state index in [2.05, 4.69) is 5.32 Å². The minimum Gasteiger partial charge on any atom is -0.355 e. The fourth-order valence-corrected chi connectivity index (χ4v) is 1.23. The van der Waals surface area contributed by atoms with Crippen LogP contribution in [0.5, 0.6) is 0 Å². The number of hydrogen-bond acceptors (Lipinski definition) is 4. The van der Waals surface area contributed by atoms with E-state index in [0.29, 0.717) is 0 Å². The predicted octanol–water partition coefficient (Wildman–Crippen LogP) is 0.714. The number of nitrogens with one attached hydrogen (secondary N) is 1. The molecule has 0 unspecified atom stereocenters. The van der Waals surface area contributed by atoms with E-state index in [1.807, 2.05) is 0 Å². The van der Waals surface area contributed by atoms with Gasteiger partial charge < -0.3 is 20.5 Å². The average Bonchev–Trinajstić information content (AvgIpc) is 2.22. The molecule has 0 atom stereocenters. The topological polar surface area (TPSA) is 56.5 Å². The molecule has 14 heavy (non-hydrogen) atoms. The Labute approximate surface area is 87.1 Å². The van der Waals surface area contributed by atoms with Gasteiger partial charge in [-0.3, -0.25) is 0 Å². The minimum atomic E-state index is -0.126. The summed E-state index contributed by atoms with van der Waals surface area (Å²) in [5.74, 6) is 0. The van der Waals surface area contributed by atoms with E-state index in [1.54, 1.807) is 14.2 Å². The number of rotatable bonds is 10. The second-order valence-corrected chi connectivity index (χ2v) is 3.31. The zero-order valence-electron chi connectivity index (χ0n) is 9.42. The minimum absolute atomic E-state index is 0.126. The highest BCUT2D eigenvalue weighted by Gasteiger charge is 2.02. The predicted molar refractivity (Wildman–Crippen MR) is 58.2 cm³/mol. The van der Waals surface area contributed by atoms with Crippen LogP contribution in [0.3, 0.4) is 0 Å². The van der Waals surface area contributed by atoms with Crippen LogP contribution in [0.2, 0.25) is 0 Å². The lowest BCUT2D eigenvalue weighted by Crippen LogP contribution is -2.30. The Morgan fingerprint density at radius 2 is 1.71 bits per heavy atom. The third-order valence-electron chi connectivity index (χ3n) is 2.14. The lowest BCUT2D eigenvalue weighted by Gasteiger charge is -2.13. The molecule has 0 amide bonds. The number of unbranched alkanes of at least 4 members (excludes halogenated alkanes) is 3. The summed E-state index contributed by atoms with van der Waals surface area (Å²) in [7, 11) is 3.30. The fourth-order valence-electron chi connectivity index (χ4n) is 1.23. The molecule has 0 heterocycles. The van der Waals surface area contributed by atoms with Gasteiger partial charge in [0.05, 0.1) is 0 Å². The van der Waals surface area contributed by atoms with Crippen LogP contribution in [-0.2, 0) is 9.47 Å². The third kappa shape index (κ3) is 8.44. The van der Waals surface area contributed by atoms with Crippen molar-refractivity contribution >= 4 is 0 Å². The maximum Gasteiger partial charge on any atom is 0.169 e. The molecule has 0 bridgehead atoms. The largest absolute Gasteiger partial charge is 0.355 e. The molecule has 0 fully saturated rings. The van der Waals surface area contributed by atoms with Gasteiger partial charge in [-0.15, -0.1) is 0 Å². The molecule has 0 aromatic heterocycles. The highest BCUT2D eigenvalue weighted by molar-refractivity contribution is 4.52. The van der Waals surface area contributed by atoms with Crippen molar-refractivity contribution in [1.82, 2.24) is 5.32 Å². The molecule has 86 valence electrons. The van der Waals surface area contributed by atoms with Gasteiger partial charge in [0, 0.05) is 20.8 Å². The Bertz CT molecular complexity index is 108. The Morgan fingerprint density at radius 1 is 1.07 bits per heavy atom. The summed E-state index contributed by atoms with van der Waals surface area (Å²) in [6, 6.07) is 0. The van der Waals surface area contributed by atoms with Crippen molar-refractivity contribution in [1.29, 1.82) is 0 Å². The summed E-state index contributed by atoms with van der Waals surface area (Å²) in [6.07, 6.45) is 4.68. The van der Waals surface area contributed by atoms with Gasteiger partial charge in [0.1, 0.15) is 0 Å². The summed E-state index contributed by atoms with van der Waals surface area (Å²) in [5.41, 5.74) is 5.40. The SMILES string of the molecule is COC(CNCCCCCCN)OC. The van der Waals surface area contributed by atoms with E-state index in [1.165, 1.54) is 19.3 Å². The molecule has 0 aromatic carbocycles.